The van der Waals surface area contributed by atoms with E-state index in [-0.39, 0.29) is 5.56 Å². The van der Waals surface area contributed by atoms with Crippen molar-refractivity contribution in [1.82, 2.24) is 39.6 Å². The van der Waals surface area contributed by atoms with Crippen molar-refractivity contribution in [1.29, 1.82) is 0 Å². The highest BCUT2D eigenvalue weighted by molar-refractivity contribution is 5.61. The number of aromatic nitrogens is 8. The molecule has 2 atom stereocenters. The van der Waals surface area contributed by atoms with Gasteiger partial charge in [-0.15, -0.1) is 15.3 Å². The highest BCUT2D eigenvalue weighted by Gasteiger charge is 2.24. The normalized spacial score (nSPS) is 19.5. The third-order valence-corrected chi connectivity index (χ3v) is 5.51. The van der Waals surface area contributed by atoms with Crippen LogP contribution in [0, 0.1) is 18.8 Å². The van der Waals surface area contributed by atoms with Gasteiger partial charge in [-0.2, -0.15) is 9.20 Å². The Bertz CT molecular complexity index is 1260. The van der Waals surface area contributed by atoms with Crippen molar-refractivity contribution < 1.29 is 0 Å². The van der Waals surface area contributed by atoms with Gasteiger partial charge in [-0.1, -0.05) is 13.8 Å². The number of hydrogen-bond acceptors (Lipinski definition) is 7. The van der Waals surface area contributed by atoms with Gasteiger partial charge in [0.25, 0.3) is 5.56 Å². The fourth-order valence-electron chi connectivity index (χ4n) is 4.24. The maximum Gasteiger partial charge on any atom is 0.273 e. The van der Waals surface area contributed by atoms with Gasteiger partial charge in [-0.3, -0.25) is 9.89 Å². The number of aryl methyl sites for hydroxylation is 1. The average Bonchev–Trinajstić information content (AvgIpc) is 3.32. The van der Waals surface area contributed by atoms with Crippen LogP contribution in [0.25, 0.3) is 22.7 Å². The lowest BCUT2D eigenvalue weighted by Gasteiger charge is -2.35. The van der Waals surface area contributed by atoms with Gasteiger partial charge in [-0.05, 0) is 37.3 Å². The Hall–Kier alpha value is -3.56. The first-order chi connectivity index (χ1) is 14.5. The number of nitrogens with zero attached hydrogens (tertiary/aromatic N) is 8. The fraction of sp³-hybridized carbons (Fsp3) is 0.400. The Morgan fingerprint density at radius 3 is 2.73 bits per heavy atom. The molecule has 154 valence electrons. The quantitative estimate of drug-likeness (QED) is 0.554. The van der Waals surface area contributed by atoms with E-state index in [9.17, 15) is 4.79 Å². The molecule has 0 bridgehead atoms. The summed E-state index contributed by atoms with van der Waals surface area (Å²) in [6, 6.07) is 5.01. The van der Waals surface area contributed by atoms with Crippen LogP contribution in [0.2, 0.25) is 0 Å². The van der Waals surface area contributed by atoms with Crippen LogP contribution in [-0.2, 0) is 0 Å². The maximum absolute atomic E-state index is 12.6. The predicted molar refractivity (Wildman–Crippen MR) is 112 cm³/mol. The second-order valence-corrected chi connectivity index (χ2v) is 8.19. The van der Waals surface area contributed by atoms with Gasteiger partial charge < -0.3 is 4.90 Å². The SMILES string of the molecule is Cc1nc(N2CC(C)CC(C)C2)ncc1-c1cc(=O)n(-c2ccc3nncn3n2)[nH]1. The van der Waals surface area contributed by atoms with Crippen molar-refractivity contribution in [3.8, 4) is 17.1 Å². The second-order valence-electron chi connectivity index (χ2n) is 8.19. The van der Waals surface area contributed by atoms with Crippen LogP contribution in [0.1, 0.15) is 26.0 Å². The third-order valence-electron chi connectivity index (χ3n) is 5.51. The number of H-pyrrole nitrogens is 1. The molecular formula is C20H23N9O. The molecule has 10 nitrogen and oxygen atoms in total. The zero-order valence-electron chi connectivity index (χ0n) is 17.1. The molecule has 10 heteroatoms. The fourth-order valence-corrected chi connectivity index (χ4v) is 4.24. The summed E-state index contributed by atoms with van der Waals surface area (Å²) >= 11 is 0. The van der Waals surface area contributed by atoms with Crippen LogP contribution in [0.15, 0.2) is 35.5 Å². The van der Waals surface area contributed by atoms with E-state index in [4.69, 9.17) is 4.98 Å². The topological polar surface area (TPSA) is 110 Å². The molecule has 0 aromatic carbocycles. The molecule has 0 saturated carbocycles. The summed E-state index contributed by atoms with van der Waals surface area (Å²) in [5.41, 5.74) is 2.65. The van der Waals surface area contributed by atoms with Crippen LogP contribution in [0.5, 0.6) is 0 Å². The van der Waals surface area contributed by atoms with Gasteiger partial charge in [0.05, 0.1) is 11.4 Å². The highest BCUT2D eigenvalue weighted by atomic mass is 16.1. The zero-order valence-corrected chi connectivity index (χ0v) is 17.1. The number of fused-ring (bicyclic) bond motifs is 1. The maximum atomic E-state index is 12.6. The van der Waals surface area contributed by atoms with Crippen molar-refractivity contribution in [2.45, 2.75) is 27.2 Å². The standard InChI is InChI=1S/C20H23N9O/c1-12-6-13(2)10-27(9-12)20-21-8-15(14(3)23-20)16-7-19(30)29(25-16)18-5-4-17-24-22-11-28(17)26-18/h4-5,7-8,11-13,25H,6,9-10H2,1-3H3. The Labute approximate surface area is 172 Å². The van der Waals surface area contributed by atoms with Gasteiger partial charge >= 0.3 is 0 Å². The van der Waals surface area contributed by atoms with E-state index in [0.29, 0.717) is 29.0 Å². The number of anilines is 1. The van der Waals surface area contributed by atoms with E-state index in [2.05, 4.69) is 44.1 Å². The van der Waals surface area contributed by atoms with Gasteiger partial charge in [0, 0.05) is 30.9 Å². The van der Waals surface area contributed by atoms with Gasteiger partial charge in [0.1, 0.15) is 6.33 Å². The van der Waals surface area contributed by atoms with Crippen molar-refractivity contribution in [2.75, 3.05) is 18.0 Å². The summed E-state index contributed by atoms with van der Waals surface area (Å²) in [7, 11) is 0. The molecule has 0 aliphatic carbocycles. The molecule has 4 aromatic rings. The van der Waals surface area contributed by atoms with E-state index in [1.807, 2.05) is 6.92 Å². The minimum atomic E-state index is -0.216. The minimum Gasteiger partial charge on any atom is -0.340 e. The summed E-state index contributed by atoms with van der Waals surface area (Å²) in [5, 5.41) is 15.2. The smallest absolute Gasteiger partial charge is 0.273 e. The van der Waals surface area contributed by atoms with Gasteiger partial charge in [0.15, 0.2) is 11.5 Å². The first kappa shape index (κ1) is 18.5. The predicted octanol–water partition coefficient (Wildman–Crippen LogP) is 1.85. The molecule has 1 fully saturated rings. The minimum absolute atomic E-state index is 0.216. The van der Waals surface area contributed by atoms with E-state index in [1.54, 1.807) is 18.3 Å². The molecule has 0 amide bonds. The molecule has 4 aromatic heterocycles. The average molecular weight is 405 g/mol. The highest BCUT2D eigenvalue weighted by Crippen LogP contribution is 2.26. The van der Waals surface area contributed by atoms with E-state index in [0.717, 1.165) is 30.3 Å². The van der Waals surface area contributed by atoms with E-state index < -0.39 is 0 Å². The summed E-state index contributed by atoms with van der Waals surface area (Å²) in [6.45, 7) is 8.40. The lowest BCUT2D eigenvalue weighted by atomic mass is 9.92. The number of rotatable bonds is 3. The van der Waals surface area contributed by atoms with Crippen molar-refractivity contribution in [3.63, 3.8) is 0 Å². The number of hydrogen-bond donors (Lipinski definition) is 1. The van der Waals surface area contributed by atoms with Gasteiger partial charge in [-0.25, -0.2) is 9.97 Å². The lowest BCUT2D eigenvalue weighted by Crippen LogP contribution is -2.39. The Morgan fingerprint density at radius 1 is 1.17 bits per heavy atom. The van der Waals surface area contributed by atoms with Crippen LogP contribution in [0.3, 0.4) is 0 Å². The van der Waals surface area contributed by atoms with Crippen LogP contribution < -0.4 is 10.5 Å². The Kier molecular flexibility index (Phi) is 4.34. The monoisotopic (exact) mass is 405 g/mol. The molecule has 1 aliphatic heterocycles. The van der Waals surface area contributed by atoms with Crippen LogP contribution in [0.4, 0.5) is 5.95 Å². The van der Waals surface area contributed by atoms with Crippen molar-refractivity contribution in [3.05, 3.63) is 46.8 Å². The molecule has 1 N–H and O–H groups in total. The number of nitrogens with one attached hydrogen (secondary N) is 1. The summed E-state index contributed by atoms with van der Waals surface area (Å²) in [5.74, 6) is 2.44. The zero-order chi connectivity index (χ0) is 20.8. The molecule has 30 heavy (non-hydrogen) atoms. The van der Waals surface area contributed by atoms with E-state index >= 15 is 0 Å². The van der Waals surface area contributed by atoms with Gasteiger partial charge in [0.2, 0.25) is 5.95 Å². The van der Waals surface area contributed by atoms with E-state index in [1.165, 1.54) is 28.0 Å². The molecular weight excluding hydrogens is 382 g/mol. The molecule has 2 unspecified atom stereocenters. The lowest BCUT2D eigenvalue weighted by molar-refractivity contribution is 0.353. The van der Waals surface area contributed by atoms with Crippen molar-refractivity contribution >= 4 is 11.6 Å². The summed E-state index contributed by atoms with van der Waals surface area (Å²) < 4.78 is 2.90. The Morgan fingerprint density at radius 2 is 1.97 bits per heavy atom. The molecule has 0 spiro atoms. The molecule has 5 heterocycles. The Balaban J connectivity index is 1.47. The van der Waals surface area contributed by atoms with Crippen LogP contribution in [-0.4, -0.2) is 52.6 Å². The molecule has 1 saturated heterocycles. The largest absolute Gasteiger partial charge is 0.340 e. The van der Waals surface area contributed by atoms with Crippen LogP contribution >= 0.6 is 0 Å². The molecule has 1 aliphatic rings. The third kappa shape index (κ3) is 3.23. The first-order valence-corrected chi connectivity index (χ1v) is 10.1. The summed E-state index contributed by atoms with van der Waals surface area (Å²) in [6.07, 6.45) is 4.51. The second kappa shape index (κ2) is 7.05. The van der Waals surface area contributed by atoms with Crippen molar-refractivity contribution in [2.24, 2.45) is 11.8 Å². The molecule has 5 rings (SSSR count). The summed E-state index contributed by atoms with van der Waals surface area (Å²) in [4.78, 5) is 24.2. The number of aromatic amines is 1. The number of piperidine rings is 1. The molecule has 0 radical (unpaired) electrons. The first-order valence-electron chi connectivity index (χ1n) is 10.1.